The number of carbonyl (C=O) groups is 1. The van der Waals surface area contributed by atoms with Gasteiger partial charge in [0.15, 0.2) is 0 Å². The van der Waals surface area contributed by atoms with Crippen LogP contribution in [0.5, 0.6) is 0 Å². The lowest BCUT2D eigenvalue weighted by atomic mass is 10.0. The number of aryl methyl sites for hydroxylation is 1. The summed E-state index contributed by atoms with van der Waals surface area (Å²) in [5, 5.41) is 2.88. The topological polar surface area (TPSA) is 55.1 Å². The minimum Gasteiger partial charge on any atom is -0.327 e. The van der Waals surface area contributed by atoms with Crippen molar-refractivity contribution in [3.05, 3.63) is 28.2 Å². The van der Waals surface area contributed by atoms with E-state index in [0.717, 1.165) is 15.7 Å². The van der Waals surface area contributed by atoms with Crippen molar-refractivity contribution in [1.29, 1.82) is 0 Å². The molecule has 0 spiro atoms. The van der Waals surface area contributed by atoms with Gasteiger partial charge in [0.05, 0.1) is 5.92 Å². The number of nitrogens with one attached hydrogen (secondary N) is 1. The Morgan fingerprint density at radius 1 is 1.41 bits per heavy atom. The first-order chi connectivity index (χ1) is 7.41. The average molecular weight is 322 g/mol. The van der Waals surface area contributed by atoms with Crippen molar-refractivity contribution in [3.63, 3.8) is 0 Å². The van der Waals surface area contributed by atoms with Crippen LogP contribution < -0.4 is 11.1 Å². The number of carbonyl (C=O) groups excluding carboxylic acids is 1. The molecule has 0 saturated heterocycles. The highest BCUT2D eigenvalue weighted by Gasteiger charge is 2.17. The molecule has 1 aromatic rings. The fourth-order valence-electron chi connectivity index (χ4n) is 1.25. The van der Waals surface area contributed by atoms with E-state index in [1.54, 1.807) is 0 Å². The molecule has 0 aromatic heterocycles. The molecule has 17 heavy (non-hydrogen) atoms. The first-order valence-electron chi connectivity index (χ1n) is 5.24. The summed E-state index contributed by atoms with van der Waals surface area (Å²) in [7, 11) is 0. The standard InChI is InChI=1S/C12H17BrN2O.ClH/c1-7-6-10(13)4-5-11(7)15-12(16)8(2)9(3)14;/h4-6,8-9H,14H2,1-3H3,(H,15,16);1H. The number of hydrogen-bond donors (Lipinski definition) is 2. The molecule has 0 aliphatic heterocycles. The van der Waals surface area contributed by atoms with E-state index in [4.69, 9.17) is 5.73 Å². The second kappa shape index (κ2) is 6.99. The van der Waals surface area contributed by atoms with Gasteiger partial charge in [-0.05, 0) is 37.6 Å². The molecule has 0 radical (unpaired) electrons. The van der Waals surface area contributed by atoms with E-state index >= 15 is 0 Å². The molecular weight excluding hydrogens is 304 g/mol. The van der Waals surface area contributed by atoms with Crippen molar-refractivity contribution in [3.8, 4) is 0 Å². The van der Waals surface area contributed by atoms with Gasteiger partial charge < -0.3 is 11.1 Å². The first-order valence-corrected chi connectivity index (χ1v) is 6.03. The molecule has 0 fully saturated rings. The Balaban J connectivity index is 0.00000256. The van der Waals surface area contributed by atoms with E-state index < -0.39 is 0 Å². The highest BCUT2D eigenvalue weighted by Crippen LogP contribution is 2.20. The second-order valence-electron chi connectivity index (χ2n) is 4.10. The summed E-state index contributed by atoms with van der Waals surface area (Å²) in [5.41, 5.74) is 7.55. The maximum absolute atomic E-state index is 11.8. The van der Waals surface area contributed by atoms with Gasteiger partial charge in [-0.25, -0.2) is 0 Å². The number of benzene rings is 1. The van der Waals surface area contributed by atoms with Crippen LogP contribution in [0.3, 0.4) is 0 Å². The number of anilines is 1. The first kappa shape index (κ1) is 16.4. The molecule has 0 heterocycles. The van der Waals surface area contributed by atoms with Crippen molar-refractivity contribution in [1.82, 2.24) is 0 Å². The van der Waals surface area contributed by atoms with Crippen LogP contribution in [0, 0.1) is 12.8 Å². The van der Waals surface area contributed by atoms with Crippen LogP contribution in [-0.4, -0.2) is 11.9 Å². The fourth-order valence-corrected chi connectivity index (χ4v) is 1.73. The Morgan fingerprint density at radius 3 is 2.47 bits per heavy atom. The molecule has 3 nitrogen and oxygen atoms in total. The number of nitrogens with two attached hydrogens (primary N) is 1. The van der Waals surface area contributed by atoms with Gasteiger partial charge in [-0.2, -0.15) is 0 Å². The van der Waals surface area contributed by atoms with E-state index in [2.05, 4.69) is 21.2 Å². The summed E-state index contributed by atoms with van der Waals surface area (Å²) in [6, 6.07) is 5.60. The van der Waals surface area contributed by atoms with Crippen LogP contribution in [0.2, 0.25) is 0 Å². The predicted octanol–water partition coefficient (Wildman–Crippen LogP) is 3.10. The normalized spacial score (nSPS) is 13.5. The molecule has 96 valence electrons. The largest absolute Gasteiger partial charge is 0.327 e. The Morgan fingerprint density at radius 2 is 2.00 bits per heavy atom. The van der Waals surface area contributed by atoms with E-state index in [-0.39, 0.29) is 30.3 Å². The Labute approximate surface area is 117 Å². The molecule has 1 aromatic carbocycles. The van der Waals surface area contributed by atoms with Crippen LogP contribution in [0.25, 0.3) is 0 Å². The quantitative estimate of drug-likeness (QED) is 0.899. The SMILES string of the molecule is Cc1cc(Br)ccc1NC(=O)C(C)C(C)N.Cl. The summed E-state index contributed by atoms with van der Waals surface area (Å²) in [5.74, 6) is -0.233. The molecule has 3 N–H and O–H groups in total. The fraction of sp³-hybridized carbons (Fsp3) is 0.417. The molecule has 0 aliphatic carbocycles. The molecule has 2 atom stereocenters. The van der Waals surface area contributed by atoms with Crippen LogP contribution in [0.1, 0.15) is 19.4 Å². The molecule has 0 aliphatic rings. The Bertz CT molecular complexity index is 396. The Hall–Kier alpha value is -0.580. The van der Waals surface area contributed by atoms with E-state index in [1.807, 2.05) is 39.0 Å². The zero-order chi connectivity index (χ0) is 12.3. The minimum absolute atomic E-state index is 0. The molecule has 0 bridgehead atoms. The van der Waals surface area contributed by atoms with Crippen molar-refractivity contribution in [2.75, 3.05) is 5.32 Å². The third-order valence-electron chi connectivity index (χ3n) is 2.65. The predicted molar refractivity (Wildman–Crippen MR) is 77.6 cm³/mol. The summed E-state index contributed by atoms with van der Waals surface area (Å²) in [6.45, 7) is 5.61. The third-order valence-corrected chi connectivity index (χ3v) is 3.14. The molecule has 5 heteroatoms. The molecule has 1 amide bonds. The van der Waals surface area contributed by atoms with E-state index in [0.29, 0.717) is 0 Å². The summed E-state index contributed by atoms with van der Waals surface area (Å²) in [4.78, 5) is 11.8. The second-order valence-corrected chi connectivity index (χ2v) is 5.01. The highest BCUT2D eigenvalue weighted by molar-refractivity contribution is 9.10. The van der Waals surface area contributed by atoms with Crippen LogP contribution in [0.4, 0.5) is 5.69 Å². The summed E-state index contributed by atoms with van der Waals surface area (Å²) < 4.78 is 1.00. The third kappa shape index (κ3) is 4.66. The maximum Gasteiger partial charge on any atom is 0.228 e. The highest BCUT2D eigenvalue weighted by atomic mass is 79.9. The zero-order valence-electron chi connectivity index (χ0n) is 10.2. The minimum atomic E-state index is -0.192. The van der Waals surface area contributed by atoms with Gasteiger partial charge in [0.1, 0.15) is 0 Å². The van der Waals surface area contributed by atoms with E-state index in [9.17, 15) is 4.79 Å². The van der Waals surface area contributed by atoms with Gasteiger partial charge in [0.2, 0.25) is 5.91 Å². The monoisotopic (exact) mass is 320 g/mol. The van der Waals surface area contributed by atoms with Crippen LogP contribution >= 0.6 is 28.3 Å². The molecular formula is C12H18BrClN2O. The average Bonchev–Trinajstić information content (AvgIpc) is 2.20. The summed E-state index contributed by atoms with van der Waals surface area (Å²) in [6.07, 6.45) is 0. The lowest BCUT2D eigenvalue weighted by Gasteiger charge is -2.16. The maximum atomic E-state index is 11.8. The summed E-state index contributed by atoms with van der Waals surface area (Å²) >= 11 is 3.38. The smallest absolute Gasteiger partial charge is 0.228 e. The number of hydrogen-bond acceptors (Lipinski definition) is 2. The van der Waals surface area contributed by atoms with E-state index in [1.165, 1.54) is 0 Å². The molecule has 1 rings (SSSR count). The van der Waals surface area contributed by atoms with Crippen LogP contribution in [-0.2, 0) is 4.79 Å². The lowest BCUT2D eigenvalue weighted by Crippen LogP contribution is -2.34. The van der Waals surface area contributed by atoms with Gasteiger partial charge in [0, 0.05) is 16.2 Å². The van der Waals surface area contributed by atoms with Crippen molar-refractivity contribution in [2.45, 2.75) is 26.8 Å². The zero-order valence-corrected chi connectivity index (χ0v) is 12.6. The van der Waals surface area contributed by atoms with Gasteiger partial charge in [-0.15, -0.1) is 12.4 Å². The lowest BCUT2D eigenvalue weighted by molar-refractivity contribution is -0.119. The number of amides is 1. The Kier molecular flexibility index (Phi) is 6.75. The van der Waals surface area contributed by atoms with Gasteiger partial charge in [-0.1, -0.05) is 22.9 Å². The number of halogens is 2. The molecule has 0 saturated carbocycles. The number of rotatable bonds is 3. The van der Waals surface area contributed by atoms with Gasteiger partial charge >= 0.3 is 0 Å². The van der Waals surface area contributed by atoms with Crippen LogP contribution in [0.15, 0.2) is 22.7 Å². The van der Waals surface area contributed by atoms with Crippen molar-refractivity contribution >= 4 is 39.9 Å². The van der Waals surface area contributed by atoms with Gasteiger partial charge in [0.25, 0.3) is 0 Å². The van der Waals surface area contributed by atoms with Crippen molar-refractivity contribution in [2.24, 2.45) is 11.7 Å². The van der Waals surface area contributed by atoms with Crippen molar-refractivity contribution < 1.29 is 4.79 Å². The molecule has 2 unspecified atom stereocenters. The van der Waals surface area contributed by atoms with Gasteiger partial charge in [-0.3, -0.25) is 4.79 Å².